The molecule has 0 aromatic heterocycles. The van der Waals surface area contributed by atoms with Gasteiger partial charge in [0.05, 0.1) is 0 Å². The average molecular weight is 1010 g/mol. The van der Waals surface area contributed by atoms with Gasteiger partial charge in [0.15, 0.2) is 0 Å². The van der Waals surface area contributed by atoms with Gasteiger partial charge in [-0.3, -0.25) is 0 Å². The van der Waals surface area contributed by atoms with E-state index in [1.807, 2.05) is 0 Å². The van der Waals surface area contributed by atoms with Gasteiger partial charge in [0.25, 0.3) is 0 Å². The van der Waals surface area contributed by atoms with Crippen LogP contribution in [0.5, 0.6) is 0 Å². The first kappa shape index (κ1) is 70.0. The maximum atomic E-state index is 2.42. The van der Waals surface area contributed by atoms with Gasteiger partial charge >= 0.3 is 0 Å². The standard InChI is InChI=1S/9C8H16/c1-6-4-7(2)8(3)5-6;2*1-7-4-5-8(2,3)6-7;2*1-7-5-4-6-8(7,2)3;1-6-4-5-7(2)8(6)3;2*1-3-8(2)6-4-5-7-8;1-3-8-6-4-5-7(8)2/h6-8H,4-5H2,1-3H3;4*7H,4-6H2,1-3H3;6-8H,4-5H2,1-3H3;2*3-7H2,1-2H3;7-8H,3-6H2,1-2H3/t;7-;;7-;;;;;/m.0.0...../s1. The number of hydrogen-bond acceptors (Lipinski definition) is 0. The lowest BCUT2D eigenvalue weighted by molar-refractivity contribution is 0.281. The molecule has 0 aromatic carbocycles. The van der Waals surface area contributed by atoms with E-state index in [2.05, 4.69) is 166 Å². The fraction of sp³-hybridized carbons (Fsp3) is 1.00. The van der Waals surface area contributed by atoms with Gasteiger partial charge in [0.2, 0.25) is 0 Å². The molecule has 9 aliphatic rings. The quantitative estimate of drug-likeness (QED) is 0.264. The van der Waals surface area contributed by atoms with Gasteiger partial charge in [-0.2, -0.15) is 0 Å². The third kappa shape index (κ3) is 28.1. The van der Waals surface area contributed by atoms with Crippen LogP contribution in [0.3, 0.4) is 0 Å². The molecule has 0 N–H and O–H groups in total. The van der Waals surface area contributed by atoms with E-state index in [4.69, 9.17) is 0 Å². The van der Waals surface area contributed by atoms with E-state index < -0.39 is 0 Å². The van der Waals surface area contributed by atoms with E-state index in [0.717, 1.165) is 81.8 Å². The van der Waals surface area contributed by atoms with Gasteiger partial charge in [-0.05, 0) is 181 Å². The normalized spacial score (nSPS) is 36.5. The molecule has 9 fully saturated rings. The summed E-state index contributed by atoms with van der Waals surface area (Å²) >= 11 is 0. The molecule has 0 aliphatic heterocycles. The lowest BCUT2D eigenvalue weighted by atomic mass is 9.83. The summed E-state index contributed by atoms with van der Waals surface area (Å²) in [4.78, 5) is 0. The Bertz CT molecular complexity index is 1230. The predicted molar refractivity (Wildman–Crippen MR) is 331 cm³/mol. The monoisotopic (exact) mass is 1010 g/mol. The van der Waals surface area contributed by atoms with Crippen LogP contribution in [-0.2, 0) is 0 Å². The summed E-state index contributed by atoms with van der Waals surface area (Å²) in [5, 5.41) is 0. The minimum Gasteiger partial charge on any atom is -0.0651 e. The molecule has 9 aliphatic carbocycles. The predicted octanol–water partition coefficient (Wildman–Crippen LogP) is 25.5. The summed E-state index contributed by atoms with van der Waals surface area (Å²) in [5.74, 6) is 11.9. The maximum absolute atomic E-state index is 2.42. The number of hydrogen-bond donors (Lipinski definition) is 0. The molecule has 0 heterocycles. The molecule has 0 nitrogen and oxygen atoms in total. The summed E-state index contributed by atoms with van der Waals surface area (Å²) < 4.78 is 0. The molecule has 72 heavy (non-hydrogen) atoms. The molecule has 432 valence electrons. The van der Waals surface area contributed by atoms with Crippen molar-refractivity contribution in [1.29, 1.82) is 0 Å². The molecule has 10 atom stereocenters. The van der Waals surface area contributed by atoms with Crippen LogP contribution in [0.2, 0.25) is 0 Å². The van der Waals surface area contributed by atoms with Crippen LogP contribution >= 0.6 is 0 Å². The second-order valence-electron chi connectivity index (χ2n) is 32.3. The fourth-order valence-corrected chi connectivity index (χ4v) is 15.0. The highest BCUT2D eigenvalue weighted by Crippen LogP contribution is 2.45. The van der Waals surface area contributed by atoms with Crippen molar-refractivity contribution in [3.8, 4) is 0 Å². The minimum absolute atomic E-state index is 0.653. The van der Waals surface area contributed by atoms with Crippen molar-refractivity contribution in [1.82, 2.24) is 0 Å². The smallest absolute Gasteiger partial charge is 0.0328 e. The molecule has 0 amide bonds. The van der Waals surface area contributed by atoms with Crippen LogP contribution in [0, 0.1) is 104 Å². The van der Waals surface area contributed by atoms with Gasteiger partial charge in [0, 0.05) is 0 Å². The van der Waals surface area contributed by atoms with E-state index in [1.165, 1.54) is 193 Å². The Morgan fingerprint density at radius 3 is 0.792 bits per heavy atom. The molecule has 0 bridgehead atoms. The zero-order chi connectivity index (χ0) is 55.1. The van der Waals surface area contributed by atoms with Crippen molar-refractivity contribution in [3.05, 3.63) is 0 Å². The van der Waals surface area contributed by atoms with Crippen LogP contribution in [0.4, 0.5) is 0 Å². The average Bonchev–Trinajstić information content (AvgIpc) is 4.22. The lowest BCUT2D eigenvalue weighted by Gasteiger charge is -2.22. The molecule has 0 heteroatoms. The molecule has 9 saturated carbocycles. The summed E-state index contributed by atoms with van der Waals surface area (Å²) in [6, 6.07) is 0. The number of rotatable bonds is 3. The van der Waals surface area contributed by atoms with E-state index in [1.54, 1.807) is 0 Å². The van der Waals surface area contributed by atoms with Crippen molar-refractivity contribution >= 4 is 0 Å². The molecule has 0 aromatic rings. The molecule has 9 rings (SSSR count). The highest BCUT2D eigenvalue weighted by Gasteiger charge is 2.33. The van der Waals surface area contributed by atoms with Crippen molar-refractivity contribution in [3.63, 3.8) is 0 Å². The Hall–Kier alpha value is 0. The zero-order valence-corrected chi connectivity index (χ0v) is 55.1. The van der Waals surface area contributed by atoms with Gasteiger partial charge in [-0.25, -0.2) is 0 Å². The van der Waals surface area contributed by atoms with Gasteiger partial charge in [-0.15, -0.1) is 0 Å². The molecule has 8 unspecified atom stereocenters. The largest absolute Gasteiger partial charge is 0.0651 e. The van der Waals surface area contributed by atoms with Crippen LogP contribution in [0.1, 0.15) is 359 Å². The third-order valence-corrected chi connectivity index (χ3v) is 23.3. The van der Waals surface area contributed by atoms with Crippen LogP contribution < -0.4 is 0 Å². The Labute approximate surface area is 460 Å². The van der Waals surface area contributed by atoms with Crippen LogP contribution in [0.25, 0.3) is 0 Å². The Morgan fingerprint density at radius 1 is 0.319 bits per heavy atom. The Balaban J connectivity index is 0.000000405. The Morgan fingerprint density at radius 2 is 0.681 bits per heavy atom. The molecular weight excluding hydrogens is 865 g/mol. The highest BCUT2D eigenvalue weighted by atomic mass is 14.4. The summed E-state index contributed by atoms with van der Waals surface area (Å²) in [6.07, 6.45) is 43.6. The zero-order valence-electron chi connectivity index (χ0n) is 55.1. The first-order valence-corrected chi connectivity index (χ1v) is 33.2. The summed E-state index contributed by atoms with van der Waals surface area (Å²) in [6.45, 7) is 56.8. The van der Waals surface area contributed by atoms with Crippen molar-refractivity contribution in [2.75, 3.05) is 0 Å². The van der Waals surface area contributed by atoms with Crippen LogP contribution in [-0.4, -0.2) is 0 Å². The van der Waals surface area contributed by atoms with E-state index in [0.29, 0.717) is 21.7 Å². The summed E-state index contributed by atoms with van der Waals surface area (Å²) in [5.41, 5.74) is 4.11. The van der Waals surface area contributed by atoms with Gasteiger partial charge in [0.1, 0.15) is 0 Å². The molecular formula is C72H144. The van der Waals surface area contributed by atoms with Crippen molar-refractivity contribution < 1.29 is 0 Å². The third-order valence-electron chi connectivity index (χ3n) is 23.3. The minimum atomic E-state index is 0.653. The maximum Gasteiger partial charge on any atom is -0.0328 e. The highest BCUT2D eigenvalue weighted by molar-refractivity contribution is 4.84. The fourth-order valence-electron chi connectivity index (χ4n) is 15.0. The van der Waals surface area contributed by atoms with Crippen LogP contribution in [0.15, 0.2) is 0 Å². The van der Waals surface area contributed by atoms with Crippen molar-refractivity contribution in [2.45, 2.75) is 359 Å². The first-order valence-electron chi connectivity index (χ1n) is 33.2. The Kier molecular flexibility index (Phi) is 32.5. The second kappa shape index (κ2) is 33.4. The van der Waals surface area contributed by atoms with E-state index in [-0.39, 0.29) is 0 Å². The second-order valence-corrected chi connectivity index (χ2v) is 32.3. The van der Waals surface area contributed by atoms with Crippen molar-refractivity contribution in [2.24, 2.45) is 104 Å². The van der Waals surface area contributed by atoms with E-state index >= 15 is 0 Å². The molecule has 0 spiro atoms. The molecule has 0 saturated heterocycles. The topological polar surface area (TPSA) is 0 Å². The molecule has 0 radical (unpaired) electrons. The lowest BCUT2D eigenvalue weighted by Crippen LogP contribution is -2.13. The van der Waals surface area contributed by atoms with E-state index in [9.17, 15) is 0 Å². The SMILES string of the molecule is CC1CC(C)C(C)C1.CC1CCC(C)(C)C1.CC1CCC(C)C1C.CC1CCCC1(C)C.CCC1(C)CCCC1.CCC1(C)CCCC1.CCC1CCCC1C.C[C@H]1CCC(C)(C)C1.C[C@H]1CCCC1(C)C. The first-order chi connectivity index (χ1) is 33.2. The van der Waals surface area contributed by atoms with Gasteiger partial charge in [-0.1, -0.05) is 282 Å². The van der Waals surface area contributed by atoms with Gasteiger partial charge < -0.3 is 0 Å². The summed E-state index contributed by atoms with van der Waals surface area (Å²) in [7, 11) is 0.